The molecular formula is C16H18N4. The number of rotatable bonds is 1. The third-order valence-corrected chi connectivity index (χ3v) is 3.75. The fourth-order valence-electron chi connectivity index (χ4n) is 2.44. The van der Waals surface area contributed by atoms with Gasteiger partial charge < -0.3 is 4.90 Å². The molecule has 20 heavy (non-hydrogen) atoms. The minimum absolute atomic E-state index is 0.802. The van der Waals surface area contributed by atoms with E-state index in [1.165, 1.54) is 11.1 Å². The largest absolute Gasteiger partial charge is 0.366 e. The van der Waals surface area contributed by atoms with E-state index in [2.05, 4.69) is 39.2 Å². The summed E-state index contributed by atoms with van der Waals surface area (Å²) in [6, 6.07) is 8.45. The molecule has 0 saturated heterocycles. The number of nitrogens with zero attached hydrogens (tertiary/aromatic N) is 4. The van der Waals surface area contributed by atoms with Gasteiger partial charge in [0.25, 0.3) is 0 Å². The summed E-state index contributed by atoms with van der Waals surface area (Å²) >= 11 is 0. The van der Waals surface area contributed by atoms with Gasteiger partial charge >= 0.3 is 0 Å². The van der Waals surface area contributed by atoms with Gasteiger partial charge in [-0.25, -0.2) is 15.0 Å². The van der Waals surface area contributed by atoms with Crippen molar-refractivity contribution < 1.29 is 0 Å². The predicted molar refractivity (Wildman–Crippen MR) is 81.3 cm³/mol. The molecule has 0 radical (unpaired) electrons. The molecular weight excluding hydrogens is 248 g/mol. The summed E-state index contributed by atoms with van der Waals surface area (Å²) in [6.45, 7) is 1.99. The quantitative estimate of drug-likeness (QED) is 0.588. The number of amidine groups is 1. The number of benzene rings is 1. The molecule has 0 spiro atoms. The molecule has 2 aromatic rings. The summed E-state index contributed by atoms with van der Waals surface area (Å²) in [5.41, 5.74) is 4.77. The van der Waals surface area contributed by atoms with Gasteiger partial charge in [-0.1, -0.05) is 24.3 Å². The molecule has 0 amide bonds. The van der Waals surface area contributed by atoms with Crippen molar-refractivity contribution in [1.29, 1.82) is 0 Å². The highest BCUT2D eigenvalue weighted by Crippen LogP contribution is 2.35. The topological polar surface area (TPSA) is 41.4 Å². The zero-order valence-electron chi connectivity index (χ0n) is 12.1. The van der Waals surface area contributed by atoms with Crippen LogP contribution in [0.2, 0.25) is 0 Å². The second kappa shape index (κ2) is 5.04. The maximum Gasteiger partial charge on any atom is 0.161 e. The van der Waals surface area contributed by atoms with E-state index >= 15 is 0 Å². The van der Waals surface area contributed by atoms with E-state index in [1.54, 1.807) is 6.33 Å². The van der Waals surface area contributed by atoms with E-state index in [1.807, 2.05) is 25.9 Å². The molecule has 1 aromatic carbocycles. The Bertz CT molecular complexity index is 674. The SMILES string of the molecule is CC(=Nc1ncnc2c1CCc1ccccc1-2)N(C)C. The molecule has 4 nitrogen and oxygen atoms in total. The Balaban J connectivity index is 2.13. The van der Waals surface area contributed by atoms with Gasteiger partial charge in [0.15, 0.2) is 5.82 Å². The number of aromatic nitrogens is 2. The van der Waals surface area contributed by atoms with Gasteiger partial charge in [0.2, 0.25) is 0 Å². The summed E-state index contributed by atoms with van der Waals surface area (Å²) < 4.78 is 0. The fraction of sp³-hybridized carbons (Fsp3) is 0.312. The van der Waals surface area contributed by atoms with E-state index in [-0.39, 0.29) is 0 Å². The van der Waals surface area contributed by atoms with E-state index in [0.717, 1.165) is 35.8 Å². The van der Waals surface area contributed by atoms with Crippen LogP contribution in [0, 0.1) is 0 Å². The van der Waals surface area contributed by atoms with Crippen LogP contribution in [0.15, 0.2) is 35.6 Å². The van der Waals surface area contributed by atoms with Gasteiger partial charge in [0, 0.05) is 25.2 Å². The van der Waals surface area contributed by atoms with Gasteiger partial charge in [-0.15, -0.1) is 0 Å². The molecule has 0 N–H and O–H groups in total. The molecule has 1 aliphatic rings. The van der Waals surface area contributed by atoms with Crippen molar-refractivity contribution in [2.24, 2.45) is 4.99 Å². The molecule has 4 heteroatoms. The van der Waals surface area contributed by atoms with Crippen molar-refractivity contribution >= 4 is 11.7 Å². The van der Waals surface area contributed by atoms with Crippen LogP contribution in [0.5, 0.6) is 0 Å². The van der Waals surface area contributed by atoms with Gasteiger partial charge in [-0.3, -0.25) is 0 Å². The average Bonchev–Trinajstić information content (AvgIpc) is 2.47. The molecule has 102 valence electrons. The lowest BCUT2D eigenvalue weighted by atomic mass is 9.89. The number of aryl methyl sites for hydroxylation is 1. The van der Waals surface area contributed by atoms with E-state index in [0.29, 0.717) is 0 Å². The fourth-order valence-corrected chi connectivity index (χ4v) is 2.44. The maximum atomic E-state index is 4.64. The first-order chi connectivity index (χ1) is 9.66. The van der Waals surface area contributed by atoms with Gasteiger partial charge in [0.05, 0.1) is 5.69 Å². The maximum absolute atomic E-state index is 4.64. The molecule has 0 atom stereocenters. The van der Waals surface area contributed by atoms with Crippen LogP contribution < -0.4 is 0 Å². The van der Waals surface area contributed by atoms with Crippen LogP contribution in [-0.4, -0.2) is 34.8 Å². The minimum Gasteiger partial charge on any atom is -0.366 e. The number of hydrogen-bond donors (Lipinski definition) is 0. The Hall–Kier alpha value is -2.23. The lowest BCUT2D eigenvalue weighted by Crippen LogP contribution is -2.18. The zero-order valence-corrected chi connectivity index (χ0v) is 12.1. The van der Waals surface area contributed by atoms with Crippen molar-refractivity contribution in [1.82, 2.24) is 14.9 Å². The summed E-state index contributed by atoms with van der Waals surface area (Å²) in [5.74, 6) is 1.75. The first-order valence-electron chi connectivity index (χ1n) is 6.81. The van der Waals surface area contributed by atoms with Crippen LogP contribution in [0.1, 0.15) is 18.1 Å². The molecule has 1 heterocycles. The first-order valence-corrected chi connectivity index (χ1v) is 6.81. The molecule has 0 fully saturated rings. The number of hydrogen-bond acceptors (Lipinski definition) is 3. The summed E-state index contributed by atoms with van der Waals surface area (Å²) in [5, 5.41) is 0. The van der Waals surface area contributed by atoms with Crippen molar-refractivity contribution in [2.75, 3.05) is 14.1 Å². The van der Waals surface area contributed by atoms with Crippen LogP contribution in [-0.2, 0) is 12.8 Å². The van der Waals surface area contributed by atoms with Crippen LogP contribution >= 0.6 is 0 Å². The van der Waals surface area contributed by atoms with Crippen molar-refractivity contribution in [3.63, 3.8) is 0 Å². The third-order valence-electron chi connectivity index (χ3n) is 3.75. The van der Waals surface area contributed by atoms with E-state index in [4.69, 9.17) is 0 Å². The van der Waals surface area contributed by atoms with Gasteiger partial charge in [-0.2, -0.15) is 0 Å². The monoisotopic (exact) mass is 266 g/mol. The number of aliphatic imine (C=N–C) groups is 1. The lowest BCUT2D eigenvalue weighted by Gasteiger charge is -2.20. The zero-order chi connectivity index (χ0) is 14.1. The average molecular weight is 266 g/mol. The molecule has 0 aliphatic heterocycles. The Morgan fingerprint density at radius 3 is 2.75 bits per heavy atom. The highest BCUT2D eigenvalue weighted by molar-refractivity contribution is 5.83. The molecule has 0 bridgehead atoms. The van der Waals surface area contributed by atoms with Crippen molar-refractivity contribution in [3.8, 4) is 11.3 Å². The highest BCUT2D eigenvalue weighted by Gasteiger charge is 2.20. The third kappa shape index (κ3) is 2.18. The lowest BCUT2D eigenvalue weighted by molar-refractivity contribution is 0.618. The van der Waals surface area contributed by atoms with E-state index in [9.17, 15) is 0 Å². The van der Waals surface area contributed by atoms with Crippen molar-refractivity contribution in [3.05, 3.63) is 41.7 Å². The Labute approximate surface area is 119 Å². The Morgan fingerprint density at radius 1 is 1.15 bits per heavy atom. The second-order valence-corrected chi connectivity index (χ2v) is 5.24. The molecule has 1 aliphatic carbocycles. The Morgan fingerprint density at radius 2 is 1.95 bits per heavy atom. The van der Waals surface area contributed by atoms with Crippen LogP contribution in [0.25, 0.3) is 11.3 Å². The van der Waals surface area contributed by atoms with Crippen LogP contribution in [0.4, 0.5) is 5.82 Å². The molecule has 1 aromatic heterocycles. The summed E-state index contributed by atoms with van der Waals surface area (Å²) in [6.07, 6.45) is 3.59. The summed E-state index contributed by atoms with van der Waals surface area (Å²) in [4.78, 5) is 15.5. The first kappa shape index (κ1) is 12.8. The second-order valence-electron chi connectivity index (χ2n) is 5.24. The highest BCUT2D eigenvalue weighted by atomic mass is 15.1. The predicted octanol–water partition coefficient (Wildman–Crippen LogP) is 2.85. The number of fused-ring (bicyclic) bond motifs is 3. The Kier molecular flexibility index (Phi) is 3.22. The molecule has 0 saturated carbocycles. The minimum atomic E-state index is 0.802. The van der Waals surface area contributed by atoms with Gasteiger partial charge in [-0.05, 0) is 25.3 Å². The van der Waals surface area contributed by atoms with Crippen LogP contribution in [0.3, 0.4) is 0 Å². The normalized spacial score (nSPS) is 13.7. The molecule has 0 unspecified atom stereocenters. The summed E-state index contributed by atoms with van der Waals surface area (Å²) in [7, 11) is 3.98. The van der Waals surface area contributed by atoms with Gasteiger partial charge in [0.1, 0.15) is 12.2 Å². The standard InChI is InChI=1S/C16H18N4/c1-11(20(2)3)19-16-14-9-8-12-6-4-5-7-13(12)15(14)17-10-18-16/h4-7,10H,8-9H2,1-3H3. The van der Waals surface area contributed by atoms with E-state index < -0.39 is 0 Å². The molecule has 3 rings (SSSR count). The van der Waals surface area contributed by atoms with Crippen molar-refractivity contribution in [2.45, 2.75) is 19.8 Å². The smallest absolute Gasteiger partial charge is 0.161 e.